The summed E-state index contributed by atoms with van der Waals surface area (Å²) in [7, 11) is 1.25. The van der Waals surface area contributed by atoms with Crippen molar-refractivity contribution in [2.75, 3.05) is 25.6 Å². The van der Waals surface area contributed by atoms with Crippen molar-refractivity contribution in [2.24, 2.45) is 0 Å². The van der Waals surface area contributed by atoms with Crippen molar-refractivity contribution in [1.29, 1.82) is 0 Å². The molecular formula is C24H25ClFN5O4S2. The molecule has 2 amide bonds. The van der Waals surface area contributed by atoms with E-state index in [9.17, 15) is 14.7 Å². The van der Waals surface area contributed by atoms with Crippen LogP contribution in [0.5, 0.6) is 0 Å². The molecule has 0 fully saturated rings. The van der Waals surface area contributed by atoms with Gasteiger partial charge in [0.15, 0.2) is 10.9 Å². The molecule has 0 saturated heterocycles. The first-order chi connectivity index (χ1) is 17.4. The number of amides is 2. The fourth-order valence-corrected chi connectivity index (χ4v) is 5.35. The van der Waals surface area contributed by atoms with Gasteiger partial charge in [-0.15, -0.1) is 23.7 Å². The first-order valence-electron chi connectivity index (χ1n) is 11.0. The average molecular weight is 566 g/mol. The summed E-state index contributed by atoms with van der Waals surface area (Å²) in [6.45, 7) is 2.13. The fraction of sp³-hybridized carbons (Fsp3) is 0.250. The van der Waals surface area contributed by atoms with Crippen molar-refractivity contribution in [3.8, 4) is 22.4 Å². The van der Waals surface area contributed by atoms with E-state index in [0.29, 0.717) is 40.2 Å². The number of benzene rings is 1. The number of ether oxygens (including phenoxy) is 1. The van der Waals surface area contributed by atoms with E-state index >= 15 is 4.39 Å². The number of urea groups is 1. The van der Waals surface area contributed by atoms with Gasteiger partial charge in [0.2, 0.25) is 0 Å². The summed E-state index contributed by atoms with van der Waals surface area (Å²) in [5, 5.41) is 19.7. The number of aliphatic hydroxyl groups excluding tert-OH is 1. The van der Waals surface area contributed by atoms with E-state index in [1.807, 2.05) is 23.6 Å². The zero-order chi connectivity index (χ0) is 25.7. The van der Waals surface area contributed by atoms with Crippen LogP contribution < -0.4 is 16.0 Å². The highest BCUT2D eigenvalue weighted by atomic mass is 35.5. The molecule has 37 heavy (non-hydrogen) atoms. The van der Waals surface area contributed by atoms with Gasteiger partial charge in [-0.25, -0.2) is 14.2 Å². The molecule has 1 atom stereocenters. The second-order valence-corrected chi connectivity index (χ2v) is 9.62. The van der Waals surface area contributed by atoms with Gasteiger partial charge in [0, 0.05) is 35.3 Å². The third-order valence-corrected chi connectivity index (χ3v) is 7.20. The minimum absolute atomic E-state index is 0. The van der Waals surface area contributed by atoms with Crippen LogP contribution in [0.2, 0.25) is 0 Å². The molecule has 9 nitrogen and oxygen atoms in total. The number of pyridine rings is 1. The van der Waals surface area contributed by atoms with E-state index < -0.39 is 30.5 Å². The second-order valence-electron chi connectivity index (χ2n) is 7.62. The highest BCUT2D eigenvalue weighted by Crippen LogP contribution is 2.41. The summed E-state index contributed by atoms with van der Waals surface area (Å²) in [5.41, 5.74) is 2.46. The Morgan fingerprint density at radius 1 is 1.24 bits per heavy atom. The molecule has 0 aliphatic rings. The third kappa shape index (κ3) is 6.40. The summed E-state index contributed by atoms with van der Waals surface area (Å²) in [4.78, 5) is 33.3. The highest BCUT2D eigenvalue weighted by Gasteiger charge is 2.22. The van der Waals surface area contributed by atoms with Crippen LogP contribution in [0.15, 0.2) is 41.9 Å². The van der Waals surface area contributed by atoms with Crippen LogP contribution in [0.25, 0.3) is 32.6 Å². The first kappa shape index (κ1) is 28.4. The number of methoxy groups -OCH3 is 1. The lowest BCUT2D eigenvalue weighted by Gasteiger charge is -2.12. The van der Waals surface area contributed by atoms with Gasteiger partial charge in [-0.05, 0) is 42.1 Å². The van der Waals surface area contributed by atoms with Crippen LogP contribution in [-0.2, 0) is 16.1 Å². The highest BCUT2D eigenvalue weighted by molar-refractivity contribution is 7.22. The molecule has 0 aliphatic carbocycles. The molecule has 0 radical (unpaired) electrons. The lowest BCUT2D eigenvalue weighted by Crippen LogP contribution is -2.39. The normalized spacial score (nSPS) is 11.6. The molecule has 0 saturated carbocycles. The molecule has 4 rings (SSSR count). The van der Waals surface area contributed by atoms with E-state index in [0.717, 1.165) is 4.88 Å². The van der Waals surface area contributed by atoms with Gasteiger partial charge in [0.05, 0.1) is 24.1 Å². The van der Waals surface area contributed by atoms with Crippen LogP contribution in [-0.4, -0.2) is 53.4 Å². The van der Waals surface area contributed by atoms with Crippen LogP contribution in [0.1, 0.15) is 11.8 Å². The second kappa shape index (κ2) is 12.9. The van der Waals surface area contributed by atoms with Crippen LogP contribution in [0.4, 0.5) is 14.3 Å². The predicted molar refractivity (Wildman–Crippen MR) is 146 cm³/mol. The van der Waals surface area contributed by atoms with Crippen LogP contribution in [0, 0.1) is 5.82 Å². The van der Waals surface area contributed by atoms with Crippen molar-refractivity contribution in [2.45, 2.75) is 19.5 Å². The number of carbonyl (C=O) groups excluding carboxylic acids is 2. The number of nitrogens with one attached hydrogen (secondary N) is 3. The van der Waals surface area contributed by atoms with Crippen LogP contribution in [0.3, 0.4) is 0 Å². The topological polar surface area (TPSA) is 125 Å². The zero-order valence-electron chi connectivity index (χ0n) is 19.9. The van der Waals surface area contributed by atoms with Gasteiger partial charge in [0.25, 0.3) is 0 Å². The summed E-state index contributed by atoms with van der Waals surface area (Å²) in [6.07, 6.45) is 1.66. The molecule has 13 heteroatoms. The number of carbonyl (C=O) groups is 2. The molecule has 4 N–H and O–H groups in total. The average Bonchev–Trinajstić information content (AvgIpc) is 3.53. The minimum Gasteiger partial charge on any atom is -0.468 e. The fourth-order valence-electron chi connectivity index (χ4n) is 3.53. The van der Waals surface area contributed by atoms with Crippen molar-refractivity contribution in [3.63, 3.8) is 0 Å². The summed E-state index contributed by atoms with van der Waals surface area (Å²) in [6, 6.07) is 7.76. The van der Waals surface area contributed by atoms with Crippen molar-refractivity contribution >= 4 is 62.4 Å². The van der Waals surface area contributed by atoms with E-state index in [4.69, 9.17) is 0 Å². The maximum Gasteiger partial charge on any atom is 0.325 e. The summed E-state index contributed by atoms with van der Waals surface area (Å²) >= 11 is 2.57. The number of anilines is 1. The molecule has 0 aliphatic heterocycles. The van der Waals surface area contributed by atoms with E-state index in [-0.39, 0.29) is 23.1 Å². The Bertz CT molecular complexity index is 1380. The first-order valence-corrected chi connectivity index (χ1v) is 12.7. The molecule has 0 bridgehead atoms. The van der Waals surface area contributed by atoms with Crippen molar-refractivity contribution in [3.05, 3.63) is 52.6 Å². The Kier molecular flexibility index (Phi) is 9.89. The number of halogens is 2. The van der Waals surface area contributed by atoms with E-state index in [1.54, 1.807) is 25.3 Å². The van der Waals surface area contributed by atoms with Gasteiger partial charge >= 0.3 is 12.0 Å². The van der Waals surface area contributed by atoms with Gasteiger partial charge in [-0.3, -0.25) is 20.4 Å². The maximum absolute atomic E-state index is 15.8. The summed E-state index contributed by atoms with van der Waals surface area (Å²) < 4.78 is 21.0. The van der Waals surface area contributed by atoms with Gasteiger partial charge in [-0.2, -0.15) is 0 Å². The molecule has 3 aromatic heterocycles. The standard InChI is InChI=1S/C24H24FN5O4S2.ClH/c1-3-26-23(33)30-24-29-20-19(25)15(9-16(21(20)36-24)17-6-4-5-7-27-17)13-8-14(35-12-13)10-28-18(11-31)22(32)34-2;/h4-9,12,18,28,31H,3,10-11H2,1-2H3,(H2,26,29,30,33);1H/t18-;/m0./s1. The molecular weight excluding hydrogens is 541 g/mol. The molecule has 0 spiro atoms. The number of fused-ring (bicyclic) bond motifs is 1. The molecule has 0 unspecified atom stereocenters. The molecule has 4 aromatic rings. The van der Waals surface area contributed by atoms with Crippen molar-refractivity contribution < 1.29 is 23.8 Å². The Labute approximate surface area is 226 Å². The number of thiazole rings is 1. The minimum atomic E-state index is -0.852. The quantitative estimate of drug-likeness (QED) is 0.221. The Morgan fingerprint density at radius 3 is 2.73 bits per heavy atom. The largest absolute Gasteiger partial charge is 0.468 e. The van der Waals surface area contributed by atoms with E-state index in [2.05, 4.69) is 30.7 Å². The Balaban J connectivity index is 0.00000380. The van der Waals surface area contributed by atoms with Gasteiger partial charge < -0.3 is 15.2 Å². The number of rotatable bonds is 9. The molecule has 196 valence electrons. The predicted octanol–water partition coefficient (Wildman–Crippen LogP) is 4.41. The monoisotopic (exact) mass is 565 g/mol. The Hall–Kier alpha value is -3.16. The van der Waals surface area contributed by atoms with Crippen molar-refractivity contribution in [1.82, 2.24) is 20.6 Å². The number of nitrogens with zero attached hydrogens (tertiary/aromatic N) is 2. The number of hydrogen-bond donors (Lipinski definition) is 4. The number of esters is 1. The lowest BCUT2D eigenvalue weighted by molar-refractivity contribution is -0.144. The number of hydrogen-bond acceptors (Lipinski definition) is 9. The maximum atomic E-state index is 15.8. The van der Waals surface area contributed by atoms with Gasteiger partial charge in [0.1, 0.15) is 11.6 Å². The SMILES string of the molecule is CCNC(=O)Nc1nc2c(F)c(-c3csc(CN[C@@H](CO)C(=O)OC)c3)cc(-c3ccccn3)c2s1.Cl. The van der Waals surface area contributed by atoms with Gasteiger partial charge in [-0.1, -0.05) is 17.4 Å². The molecule has 3 heterocycles. The summed E-state index contributed by atoms with van der Waals surface area (Å²) in [5.74, 6) is -1.07. The van der Waals surface area contributed by atoms with E-state index in [1.165, 1.54) is 29.8 Å². The van der Waals surface area contributed by atoms with Crippen LogP contribution >= 0.6 is 35.1 Å². The lowest BCUT2D eigenvalue weighted by atomic mass is 10.0. The number of aromatic nitrogens is 2. The zero-order valence-corrected chi connectivity index (χ0v) is 22.4. The molecule has 1 aromatic carbocycles. The number of aliphatic hydroxyl groups is 1. The number of thiophene rings is 1. The Morgan fingerprint density at radius 2 is 2.05 bits per heavy atom. The smallest absolute Gasteiger partial charge is 0.325 e. The third-order valence-electron chi connectivity index (χ3n) is 5.26.